The molecule has 3 rings (SSSR count). The average Bonchev–Trinajstić information content (AvgIpc) is 2.75. The van der Waals surface area contributed by atoms with Gasteiger partial charge in [-0.2, -0.15) is 0 Å². The van der Waals surface area contributed by atoms with Crippen LogP contribution >= 0.6 is 11.8 Å². The molecule has 1 nitrogen and oxygen atoms in total. The van der Waals surface area contributed by atoms with E-state index in [0.29, 0.717) is 0 Å². The van der Waals surface area contributed by atoms with Crippen LogP contribution in [0.15, 0.2) is 29.3 Å². The van der Waals surface area contributed by atoms with E-state index in [1.165, 1.54) is 39.1 Å². The van der Waals surface area contributed by atoms with Gasteiger partial charge >= 0.3 is 0 Å². The number of hydrogen-bond donors (Lipinski definition) is 0. The lowest BCUT2D eigenvalue weighted by molar-refractivity contribution is -0.645. The molecule has 0 radical (unpaired) electrons. The Morgan fingerprint density at radius 1 is 1.22 bits per heavy atom. The molecule has 0 spiro atoms. The number of nitrogens with zero attached hydrogens (tertiary/aromatic N) is 1. The second-order valence-electron chi connectivity index (χ2n) is 6.17. The van der Waals surface area contributed by atoms with Crippen molar-refractivity contribution in [3.05, 3.63) is 35.5 Å². The van der Waals surface area contributed by atoms with Gasteiger partial charge in [0.1, 0.15) is 7.05 Å². The Morgan fingerprint density at radius 2 is 2.00 bits per heavy atom. The van der Waals surface area contributed by atoms with Gasteiger partial charge in [-0.25, -0.2) is 4.57 Å². The van der Waals surface area contributed by atoms with Crippen LogP contribution in [0.3, 0.4) is 0 Å². The maximum absolute atomic E-state index is 2.40. The van der Waals surface area contributed by atoms with Crippen molar-refractivity contribution >= 4 is 22.7 Å². The van der Waals surface area contributed by atoms with Crippen molar-refractivity contribution in [1.29, 1.82) is 0 Å². The molecule has 0 saturated carbocycles. The number of hydrogen-bond acceptors (Lipinski definition) is 1. The molecule has 94 valence electrons. The first-order valence-corrected chi connectivity index (χ1v) is 7.54. The number of thioether (sulfide) groups is 1. The lowest BCUT2D eigenvalue weighted by Crippen LogP contribution is -2.31. The van der Waals surface area contributed by atoms with Crippen LogP contribution in [0.4, 0.5) is 0 Å². The highest BCUT2D eigenvalue weighted by molar-refractivity contribution is 7.99. The molecule has 0 N–H and O–H groups in total. The van der Waals surface area contributed by atoms with Crippen LogP contribution in [-0.2, 0) is 18.9 Å². The fourth-order valence-electron chi connectivity index (χ4n) is 2.59. The fourth-order valence-corrected chi connectivity index (χ4v) is 3.79. The third-order valence-corrected chi connectivity index (χ3v) is 4.93. The summed E-state index contributed by atoms with van der Waals surface area (Å²) in [6.07, 6.45) is 3.49. The van der Waals surface area contributed by atoms with Crippen molar-refractivity contribution < 1.29 is 4.57 Å². The van der Waals surface area contributed by atoms with Crippen molar-refractivity contribution in [3.8, 4) is 0 Å². The second-order valence-corrected chi connectivity index (χ2v) is 7.28. The molecule has 0 unspecified atom stereocenters. The van der Waals surface area contributed by atoms with Gasteiger partial charge in [0.2, 0.25) is 5.52 Å². The summed E-state index contributed by atoms with van der Waals surface area (Å²) in [5.41, 5.74) is 4.49. The molecule has 0 saturated heterocycles. The first-order valence-electron chi connectivity index (χ1n) is 6.55. The van der Waals surface area contributed by atoms with Gasteiger partial charge in [0.25, 0.3) is 0 Å². The summed E-state index contributed by atoms with van der Waals surface area (Å²) in [6.45, 7) is 6.85. The van der Waals surface area contributed by atoms with E-state index in [1.807, 2.05) is 11.8 Å². The zero-order valence-electron chi connectivity index (χ0n) is 11.6. The Bertz CT molecular complexity index is 623. The normalized spacial score (nSPS) is 15.1. The van der Waals surface area contributed by atoms with E-state index >= 15 is 0 Å². The van der Waals surface area contributed by atoms with Crippen LogP contribution in [0.5, 0.6) is 0 Å². The number of aromatic nitrogens is 1. The maximum atomic E-state index is 2.40. The van der Waals surface area contributed by atoms with E-state index in [1.54, 1.807) is 0 Å². The topological polar surface area (TPSA) is 3.88 Å². The molecule has 2 aromatic rings. The Balaban J connectivity index is 2.34. The van der Waals surface area contributed by atoms with E-state index < -0.39 is 0 Å². The second kappa shape index (κ2) is 3.99. The predicted molar refractivity (Wildman–Crippen MR) is 78.3 cm³/mol. The zero-order valence-corrected chi connectivity index (χ0v) is 12.4. The zero-order chi connectivity index (χ0) is 12.9. The third-order valence-electron chi connectivity index (χ3n) is 3.75. The van der Waals surface area contributed by atoms with Crippen molar-refractivity contribution in [3.63, 3.8) is 0 Å². The largest absolute Gasteiger partial charge is 0.213 e. The smallest absolute Gasteiger partial charge is 0.201 e. The van der Waals surface area contributed by atoms with Crippen molar-refractivity contribution in [2.45, 2.75) is 37.5 Å². The Morgan fingerprint density at radius 3 is 2.72 bits per heavy atom. The van der Waals surface area contributed by atoms with Crippen molar-refractivity contribution in [1.82, 2.24) is 0 Å². The van der Waals surface area contributed by atoms with Crippen LogP contribution in [0.25, 0.3) is 10.9 Å². The predicted octanol–water partition coefficient (Wildman–Crippen LogP) is 3.61. The summed E-state index contributed by atoms with van der Waals surface area (Å²) < 4.78 is 2.27. The molecule has 1 aliphatic rings. The van der Waals surface area contributed by atoms with Crippen LogP contribution in [0.2, 0.25) is 0 Å². The SMILES string of the molecule is C[n+]1cc(C(C)(C)C)cc2c3c(ccc21)CCS3. The Labute approximate surface area is 113 Å². The molecule has 0 amide bonds. The molecular weight excluding hydrogens is 238 g/mol. The van der Waals surface area contributed by atoms with Crippen molar-refractivity contribution in [2.24, 2.45) is 7.05 Å². The maximum Gasteiger partial charge on any atom is 0.213 e. The van der Waals surface area contributed by atoms with Crippen LogP contribution in [0.1, 0.15) is 31.9 Å². The van der Waals surface area contributed by atoms with Gasteiger partial charge in [-0.15, -0.1) is 11.8 Å². The molecule has 0 aliphatic carbocycles. The van der Waals surface area contributed by atoms with E-state index in [9.17, 15) is 0 Å². The molecule has 2 heterocycles. The van der Waals surface area contributed by atoms with Gasteiger partial charge in [0.15, 0.2) is 6.20 Å². The first-order chi connectivity index (χ1) is 8.47. The minimum atomic E-state index is 0.206. The highest BCUT2D eigenvalue weighted by Crippen LogP contribution is 2.37. The van der Waals surface area contributed by atoms with Gasteiger partial charge in [-0.3, -0.25) is 0 Å². The molecular formula is C16H20NS+. The highest BCUT2D eigenvalue weighted by atomic mass is 32.2. The number of fused-ring (bicyclic) bond motifs is 3. The number of pyridine rings is 1. The Kier molecular flexibility index (Phi) is 2.67. The summed E-state index contributed by atoms with van der Waals surface area (Å²) in [5, 5.41) is 1.44. The van der Waals surface area contributed by atoms with Gasteiger partial charge in [0.05, 0.1) is 5.39 Å². The van der Waals surface area contributed by atoms with Crippen LogP contribution < -0.4 is 4.57 Å². The minimum Gasteiger partial charge on any atom is -0.201 e. The average molecular weight is 258 g/mol. The lowest BCUT2D eigenvalue weighted by atomic mass is 9.87. The quantitative estimate of drug-likeness (QED) is 0.653. The summed E-state index contributed by atoms with van der Waals surface area (Å²) in [6, 6.07) is 6.97. The summed E-state index contributed by atoms with van der Waals surface area (Å²) in [7, 11) is 2.16. The number of aryl methyl sites for hydroxylation is 2. The fraction of sp³-hybridized carbons (Fsp3) is 0.438. The molecule has 2 heteroatoms. The van der Waals surface area contributed by atoms with Gasteiger partial charge in [0, 0.05) is 22.3 Å². The summed E-state index contributed by atoms with van der Waals surface area (Å²) in [4.78, 5) is 1.51. The van der Waals surface area contributed by atoms with E-state index in [0.717, 1.165) is 0 Å². The molecule has 0 bridgehead atoms. The number of benzene rings is 1. The van der Waals surface area contributed by atoms with E-state index in [4.69, 9.17) is 0 Å². The molecule has 1 aromatic heterocycles. The monoisotopic (exact) mass is 258 g/mol. The first kappa shape index (κ1) is 12.0. The molecule has 0 atom stereocenters. The number of rotatable bonds is 0. The van der Waals surface area contributed by atoms with Gasteiger partial charge in [-0.05, 0) is 23.5 Å². The standard InChI is InChI=1S/C16H20NS/c1-16(2,3)12-9-13-14(17(4)10-12)6-5-11-7-8-18-15(11)13/h5-6,9-10H,7-8H2,1-4H3/q+1. The van der Waals surface area contributed by atoms with Gasteiger partial charge < -0.3 is 0 Å². The lowest BCUT2D eigenvalue weighted by Gasteiger charge is -2.18. The van der Waals surface area contributed by atoms with Crippen LogP contribution in [-0.4, -0.2) is 5.75 Å². The molecule has 18 heavy (non-hydrogen) atoms. The third kappa shape index (κ3) is 1.83. The van der Waals surface area contributed by atoms with Crippen molar-refractivity contribution in [2.75, 3.05) is 5.75 Å². The minimum absolute atomic E-state index is 0.206. The van der Waals surface area contributed by atoms with Gasteiger partial charge in [-0.1, -0.05) is 26.8 Å². The highest BCUT2D eigenvalue weighted by Gasteiger charge is 2.23. The van der Waals surface area contributed by atoms with E-state index in [2.05, 4.69) is 56.8 Å². The van der Waals surface area contributed by atoms with Crippen LogP contribution in [0, 0.1) is 0 Å². The molecule has 0 fully saturated rings. The molecule has 1 aromatic carbocycles. The summed E-state index contributed by atoms with van der Waals surface area (Å²) >= 11 is 2.01. The molecule has 1 aliphatic heterocycles. The Hall–Kier alpha value is -1.02. The summed E-state index contributed by atoms with van der Waals surface area (Å²) in [5.74, 6) is 1.23. The van der Waals surface area contributed by atoms with E-state index in [-0.39, 0.29) is 5.41 Å².